The third-order valence-electron chi connectivity index (χ3n) is 3.76. The van der Waals surface area contributed by atoms with Gasteiger partial charge in [-0.15, -0.1) is 0 Å². The molecule has 0 heterocycles. The van der Waals surface area contributed by atoms with Crippen molar-refractivity contribution in [2.45, 2.75) is 96.5 Å². The first-order valence-electron chi connectivity index (χ1n) is 8.72. The second-order valence-corrected chi connectivity index (χ2v) is 5.85. The van der Waals surface area contributed by atoms with Crippen LogP contribution in [0.1, 0.15) is 90.4 Å². The van der Waals surface area contributed by atoms with Crippen LogP contribution in [0.2, 0.25) is 0 Å². The first-order valence-corrected chi connectivity index (χ1v) is 8.72. The Labute approximate surface area is 158 Å². The number of rotatable bonds is 15. The van der Waals surface area contributed by atoms with Gasteiger partial charge < -0.3 is 15.0 Å². The molecule has 0 radical (unpaired) electrons. The quantitative estimate of drug-likeness (QED) is 0.275. The van der Waals surface area contributed by atoms with Crippen molar-refractivity contribution in [1.29, 1.82) is 0 Å². The molecule has 1 atom stereocenters. The SMILES string of the molecule is CCCCCCCCC=CCCCCCCC(O)C(=O)[O-].[Na+]. The number of allylic oxidation sites excluding steroid dienone is 2. The predicted octanol–water partition coefficient (Wildman–Crippen LogP) is 0.749. The van der Waals surface area contributed by atoms with Gasteiger partial charge in [0.2, 0.25) is 0 Å². The monoisotopic (exact) mass is 320 g/mol. The molecule has 0 aliphatic rings. The minimum atomic E-state index is -1.35. The van der Waals surface area contributed by atoms with Gasteiger partial charge in [0.1, 0.15) is 0 Å². The van der Waals surface area contributed by atoms with Gasteiger partial charge in [-0.05, 0) is 32.1 Å². The molecule has 0 aliphatic carbocycles. The molecule has 0 aromatic carbocycles. The van der Waals surface area contributed by atoms with E-state index in [1.165, 1.54) is 44.9 Å². The summed E-state index contributed by atoms with van der Waals surface area (Å²) in [6.45, 7) is 2.24. The summed E-state index contributed by atoms with van der Waals surface area (Å²) in [6.07, 6.45) is 18.0. The van der Waals surface area contributed by atoms with Crippen LogP contribution < -0.4 is 34.7 Å². The first kappa shape index (κ1) is 24.4. The van der Waals surface area contributed by atoms with Crippen molar-refractivity contribution >= 4 is 5.97 Å². The van der Waals surface area contributed by atoms with Crippen LogP contribution >= 0.6 is 0 Å². The van der Waals surface area contributed by atoms with Gasteiger partial charge >= 0.3 is 29.6 Å². The van der Waals surface area contributed by atoms with Crippen molar-refractivity contribution in [1.82, 2.24) is 0 Å². The number of carboxylic acids is 1. The van der Waals surface area contributed by atoms with E-state index in [2.05, 4.69) is 19.1 Å². The molecule has 0 saturated carbocycles. The smallest absolute Gasteiger partial charge is 0.547 e. The van der Waals surface area contributed by atoms with Crippen LogP contribution in [-0.4, -0.2) is 17.2 Å². The van der Waals surface area contributed by atoms with Gasteiger partial charge in [-0.3, -0.25) is 0 Å². The number of hydrogen-bond acceptors (Lipinski definition) is 3. The summed E-state index contributed by atoms with van der Waals surface area (Å²) < 4.78 is 0. The molecule has 1 unspecified atom stereocenters. The Hall–Kier alpha value is 0.170. The number of aliphatic carboxylic acids is 1. The maximum absolute atomic E-state index is 10.3. The van der Waals surface area contributed by atoms with E-state index >= 15 is 0 Å². The topological polar surface area (TPSA) is 60.4 Å². The Kier molecular flexibility index (Phi) is 21.3. The first-order chi connectivity index (χ1) is 10.2. The maximum Gasteiger partial charge on any atom is 1.00 e. The Morgan fingerprint density at radius 3 is 1.86 bits per heavy atom. The van der Waals surface area contributed by atoms with Crippen LogP contribution in [0, 0.1) is 0 Å². The standard InChI is InChI=1S/C18H34O3.Na/c1-2-3-4-5-6-7-8-9-10-11-12-13-14-15-16-17(19)18(20)21;/h9-10,17,19H,2-8,11-16H2,1H3,(H,20,21);/q;+1/p-1. The van der Waals surface area contributed by atoms with Gasteiger partial charge in [-0.1, -0.05) is 70.4 Å². The molecule has 22 heavy (non-hydrogen) atoms. The molecule has 0 saturated heterocycles. The zero-order valence-electron chi connectivity index (χ0n) is 14.7. The number of carbonyl (C=O) groups is 1. The third-order valence-corrected chi connectivity index (χ3v) is 3.76. The number of carboxylic acid groups (broad SMARTS) is 1. The molecule has 0 fully saturated rings. The van der Waals surface area contributed by atoms with Crippen molar-refractivity contribution in [2.24, 2.45) is 0 Å². The van der Waals surface area contributed by atoms with E-state index in [1.807, 2.05) is 0 Å². The van der Waals surface area contributed by atoms with Crippen molar-refractivity contribution < 1.29 is 44.6 Å². The van der Waals surface area contributed by atoms with Gasteiger partial charge in [0, 0.05) is 0 Å². The van der Waals surface area contributed by atoms with Crippen LogP contribution in [0.25, 0.3) is 0 Å². The van der Waals surface area contributed by atoms with Crippen LogP contribution in [0.3, 0.4) is 0 Å². The Balaban J connectivity index is 0. The predicted molar refractivity (Wildman–Crippen MR) is 85.8 cm³/mol. The molecule has 0 aliphatic heterocycles. The fourth-order valence-electron chi connectivity index (χ4n) is 2.35. The molecule has 0 spiro atoms. The summed E-state index contributed by atoms with van der Waals surface area (Å²) in [5, 5.41) is 19.3. The zero-order valence-corrected chi connectivity index (χ0v) is 16.7. The summed E-state index contributed by atoms with van der Waals surface area (Å²) in [5.74, 6) is -1.35. The average Bonchev–Trinajstić information content (AvgIpc) is 2.47. The van der Waals surface area contributed by atoms with Gasteiger partial charge in [0.15, 0.2) is 0 Å². The average molecular weight is 320 g/mol. The minimum absolute atomic E-state index is 0. The number of unbranched alkanes of at least 4 members (excludes halogenated alkanes) is 10. The van der Waals surface area contributed by atoms with Gasteiger partial charge in [0.05, 0.1) is 12.1 Å². The third kappa shape index (κ3) is 18.2. The Morgan fingerprint density at radius 2 is 1.36 bits per heavy atom. The Morgan fingerprint density at radius 1 is 0.909 bits per heavy atom. The van der Waals surface area contributed by atoms with Gasteiger partial charge in [-0.25, -0.2) is 0 Å². The second kappa shape index (κ2) is 19.2. The number of aliphatic hydroxyl groups is 1. The van der Waals surface area contributed by atoms with E-state index in [4.69, 9.17) is 5.11 Å². The number of hydrogen-bond donors (Lipinski definition) is 1. The fourth-order valence-corrected chi connectivity index (χ4v) is 2.35. The van der Waals surface area contributed by atoms with Crippen LogP contribution in [0.5, 0.6) is 0 Å². The molecular formula is C18H33NaO3. The summed E-state index contributed by atoms with van der Waals surface area (Å²) in [5.41, 5.74) is 0. The molecular weight excluding hydrogens is 287 g/mol. The van der Waals surface area contributed by atoms with Crippen LogP contribution in [-0.2, 0) is 4.79 Å². The molecule has 3 nitrogen and oxygen atoms in total. The largest absolute Gasteiger partial charge is 1.00 e. The van der Waals surface area contributed by atoms with Crippen LogP contribution in [0.4, 0.5) is 0 Å². The second-order valence-electron chi connectivity index (χ2n) is 5.85. The molecule has 0 amide bonds. The van der Waals surface area contributed by atoms with E-state index in [0.717, 1.165) is 32.1 Å². The van der Waals surface area contributed by atoms with E-state index in [9.17, 15) is 9.90 Å². The van der Waals surface area contributed by atoms with E-state index in [0.29, 0.717) is 6.42 Å². The molecule has 0 aromatic rings. The van der Waals surface area contributed by atoms with Crippen molar-refractivity contribution in [3.63, 3.8) is 0 Å². The molecule has 0 aromatic heterocycles. The summed E-state index contributed by atoms with van der Waals surface area (Å²) in [4.78, 5) is 10.3. The Bertz CT molecular complexity index is 267. The summed E-state index contributed by atoms with van der Waals surface area (Å²) in [6, 6.07) is 0. The van der Waals surface area contributed by atoms with Crippen molar-refractivity contribution in [2.75, 3.05) is 0 Å². The number of carbonyl (C=O) groups excluding carboxylic acids is 1. The van der Waals surface area contributed by atoms with Gasteiger partial charge in [0.25, 0.3) is 0 Å². The molecule has 0 bridgehead atoms. The summed E-state index contributed by atoms with van der Waals surface area (Å²) >= 11 is 0. The number of aliphatic hydroxyl groups excluding tert-OH is 1. The van der Waals surface area contributed by atoms with Crippen LogP contribution in [0.15, 0.2) is 12.2 Å². The maximum atomic E-state index is 10.3. The molecule has 4 heteroatoms. The minimum Gasteiger partial charge on any atom is -0.547 e. The van der Waals surface area contributed by atoms with Crippen molar-refractivity contribution in [3.05, 3.63) is 12.2 Å². The van der Waals surface area contributed by atoms with E-state index in [-0.39, 0.29) is 29.6 Å². The summed E-state index contributed by atoms with van der Waals surface area (Å²) in [7, 11) is 0. The van der Waals surface area contributed by atoms with Crippen molar-refractivity contribution in [3.8, 4) is 0 Å². The fraction of sp³-hybridized carbons (Fsp3) is 0.833. The van der Waals surface area contributed by atoms with Gasteiger partial charge in [-0.2, -0.15) is 0 Å². The molecule has 124 valence electrons. The normalized spacial score (nSPS) is 12.3. The van der Waals surface area contributed by atoms with E-state index in [1.54, 1.807) is 0 Å². The molecule has 0 rings (SSSR count). The van der Waals surface area contributed by atoms with E-state index < -0.39 is 12.1 Å². The zero-order chi connectivity index (χ0) is 15.8. The molecule has 1 N–H and O–H groups in total.